The zero-order valence-corrected chi connectivity index (χ0v) is 36.9. The maximum absolute atomic E-state index is 15.7. The third-order valence-electron chi connectivity index (χ3n) is 12.3. The first-order chi connectivity index (χ1) is 30.1. The molecule has 5 atom stereocenters. The second-order valence-corrected chi connectivity index (χ2v) is 18.0. The number of rotatable bonds is 10. The van der Waals surface area contributed by atoms with Crippen molar-refractivity contribution in [2.24, 2.45) is 28.2 Å². The lowest BCUT2D eigenvalue weighted by Gasteiger charge is -2.45. The number of H-pyrrole nitrogens is 1. The average Bonchev–Trinajstić information content (AvgIpc) is 3.52. The summed E-state index contributed by atoms with van der Waals surface area (Å²) in [6.45, 7) is 15.1. The number of aliphatic imine (C=N–C) groups is 1. The molecule has 2 aromatic carbocycles. The van der Waals surface area contributed by atoms with E-state index in [-0.39, 0.29) is 63.6 Å². The molecule has 0 radical (unpaired) electrons. The summed E-state index contributed by atoms with van der Waals surface area (Å²) < 4.78 is 65.9. The first-order valence-corrected chi connectivity index (χ1v) is 21.2. The maximum Gasteiger partial charge on any atom is 0.573 e. The van der Waals surface area contributed by atoms with Crippen molar-refractivity contribution in [3.05, 3.63) is 78.1 Å². The molecule has 340 valence electrons. The van der Waals surface area contributed by atoms with E-state index in [1.54, 1.807) is 43.1 Å². The normalized spacial score (nSPS) is 22.1. The number of methoxy groups -OCH3 is 1. The molecule has 64 heavy (non-hydrogen) atoms. The molecule has 0 unspecified atom stereocenters. The molecule has 2 aliphatic heterocycles. The molecule has 18 heteroatoms. The van der Waals surface area contributed by atoms with Gasteiger partial charge >= 0.3 is 12.5 Å². The number of aromatic nitrogens is 3. The van der Waals surface area contributed by atoms with E-state index >= 15 is 4.39 Å². The zero-order chi connectivity index (χ0) is 46.4. The van der Waals surface area contributed by atoms with Crippen molar-refractivity contribution in [3.8, 4) is 28.1 Å². The molecule has 1 saturated carbocycles. The van der Waals surface area contributed by atoms with Gasteiger partial charge in [-0.3, -0.25) is 14.4 Å². The monoisotopic (exact) mass is 888 g/mol. The van der Waals surface area contributed by atoms with Crippen LogP contribution in [0, 0.1) is 29.0 Å². The summed E-state index contributed by atoms with van der Waals surface area (Å²) in [6.07, 6.45) is -1.67. The number of benzene rings is 2. The number of nitrogens with zero attached hydrogens (tertiary/aromatic N) is 6. The van der Waals surface area contributed by atoms with Crippen LogP contribution in [0.1, 0.15) is 83.5 Å². The first-order valence-electron chi connectivity index (χ1n) is 21.2. The van der Waals surface area contributed by atoms with E-state index in [1.165, 1.54) is 31.5 Å². The highest BCUT2D eigenvalue weighted by molar-refractivity contribution is 6.40. The number of pyridine rings is 1. The second-order valence-electron chi connectivity index (χ2n) is 18.0. The van der Waals surface area contributed by atoms with Crippen LogP contribution in [-0.4, -0.2) is 99.5 Å². The number of nitrogens with one attached hydrogen (secondary N) is 2. The fourth-order valence-electron chi connectivity index (χ4n) is 8.54. The highest BCUT2D eigenvalue weighted by atomic mass is 19.4. The fraction of sp³-hybridized carbons (Fsp3) is 0.457. The quantitative estimate of drug-likeness (QED) is 0.117. The molecule has 4 aromatic rings. The van der Waals surface area contributed by atoms with E-state index in [0.29, 0.717) is 49.0 Å². The highest BCUT2D eigenvalue weighted by Gasteiger charge is 2.53. The van der Waals surface area contributed by atoms with Crippen molar-refractivity contribution >= 4 is 41.0 Å². The molecule has 2 aromatic heterocycles. The van der Waals surface area contributed by atoms with Crippen LogP contribution in [0.15, 0.2) is 65.9 Å². The number of aromatic amines is 1. The molecule has 2 N–H and O–H groups in total. The summed E-state index contributed by atoms with van der Waals surface area (Å²) in [6, 6.07) is 10.4. The van der Waals surface area contributed by atoms with Crippen LogP contribution in [0.2, 0.25) is 0 Å². The van der Waals surface area contributed by atoms with Gasteiger partial charge < -0.3 is 34.5 Å². The number of alkyl halides is 3. The standard InChI is InChI=1S/C46H52F4N8O6/c1-24(2)39(55-44(62)63-8)43(61)58-21-25(3)15-36(58)40-52-20-35(53-40)29-11-9-28(10-12-29)31-16-33(47)34(17-37(31)64-46(48,49)50)54-41(59)30-13-14-38(51-19-30)56-22-27(5)57(23-26(56)4)42(60)32-18-45(32,6)7/h9-14,16-17,19-20,24-27,32,36H,15,18,21-23H2,1-8H3,(H,52,53)(H,54,59)/t25-,26+,27-,32+,36-/m0/s1. The van der Waals surface area contributed by atoms with Crippen LogP contribution in [0.3, 0.4) is 0 Å². The van der Waals surface area contributed by atoms with E-state index in [0.717, 1.165) is 18.6 Å². The second kappa shape index (κ2) is 17.7. The van der Waals surface area contributed by atoms with Crippen LogP contribution >= 0.6 is 0 Å². The molecular weight excluding hydrogens is 837 g/mol. The van der Waals surface area contributed by atoms with E-state index in [4.69, 9.17) is 0 Å². The molecular formula is C46H52F4N8O6. The number of piperazine rings is 1. The van der Waals surface area contributed by atoms with Gasteiger partial charge in [-0.15, -0.1) is 13.2 Å². The topological polar surface area (TPSA) is 162 Å². The Kier molecular flexibility index (Phi) is 12.6. The first kappa shape index (κ1) is 45.7. The number of carbonyl (C=O) groups excluding carboxylic acids is 4. The fourth-order valence-corrected chi connectivity index (χ4v) is 8.54. The minimum Gasteiger partial charge on any atom is -0.451 e. The molecule has 0 bridgehead atoms. The van der Waals surface area contributed by atoms with Crippen molar-refractivity contribution in [1.29, 1.82) is 0 Å². The molecule has 4 amide bonds. The molecule has 7 rings (SSSR count). The Balaban J connectivity index is 1.05. The number of imidazole rings is 1. The smallest absolute Gasteiger partial charge is 0.451 e. The number of hydrogen-bond donors (Lipinski definition) is 2. The number of anilines is 2. The number of hydrogen-bond acceptors (Lipinski definition) is 9. The lowest BCUT2D eigenvalue weighted by atomic mass is 10.0. The number of likely N-dealkylation sites (tertiary alicyclic amines) is 1. The number of amides is 4. The van der Waals surface area contributed by atoms with Crippen LogP contribution in [-0.2, 0) is 14.3 Å². The van der Waals surface area contributed by atoms with Gasteiger partial charge in [0, 0.05) is 61.4 Å². The SMILES string of the molecule is COC(=O)N=C(C(=O)N1C[C@@H](C)C[C@H]1c1ncc(-c2ccc(-c3cc(F)c(NC(=O)c4ccc(N5C[C@H](C)N(C(=O)[C@H]6CC6(C)C)C[C@H]5C)nc4)cc3OC(F)(F)F)cc2)[nH]1)C(C)C. The molecule has 3 aliphatic rings. The Morgan fingerprint density at radius 2 is 1.61 bits per heavy atom. The molecule has 1 aliphatic carbocycles. The van der Waals surface area contributed by atoms with Crippen LogP contribution < -0.4 is 15.0 Å². The zero-order valence-electron chi connectivity index (χ0n) is 36.9. The van der Waals surface area contributed by atoms with Crippen LogP contribution in [0.4, 0.5) is 33.9 Å². The van der Waals surface area contributed by atoms with Gasteiger partial charge in [-0.25, -0.2) is 19.2 Å². The lowest BCUT2D eigenvalue weighted by Crippen LogP contribution is -2.59. The van der Waals surface area contributed by atoms with Gasteiger partial charge in [0.15, 0.2) is 0 Å². The number of carbonyl (C=O) groups is 4. The number of halogens is 4. The van der Waals surface area contributed by atoms with Gasteiger partial charge in [-0.2, -0.15) is 4.99 Å². The van der Waals surface area contributed by atoms with Gasteiger partial charge in [0.25, 0.3) is 11.8 Å². The van der Waals surface area contributed by atoms with E-state index in [2.05, 4.69) is 53.5 Å². The summed E-state index contributed by atoms with van der Waals surface area (Å²) in [4.78, 5) is 73.8. The third kappa shape index (κ3) is 9.74. The van der Waals surface area contributed by atoms with Crippen molar-refractivity contribution in [2.75, 3.05) is 37.0 Å². The van der Waals surface area contributed by atoms with Gasteiger partial charge in [-0.1, -0.05) is 58.9 Å². The van der Waals surface area contributed by atoms with Crippen molar-refractivity contribution in [2.45, 2.75) is 85.8 Å². The van der Waals surface area contributed by atoms with Gasteiger partial charge in [0.05, 0.1) is 36.3 Å². The minimum atomic E-state index is -5.14. The minimum absolute atomic E-state index is 0.0180. The molecule has 3 fully saturated rings. The van der Waals surface area contributed by atoms with Crippen LogP contribution in [0.5, 0.6) is 5.75 Å². The van der Waals surface area contributed by atoms with Gasteiger partial charge in [0.1, 0.15) is 28.9 Å². The molecule has 0 spiro atoms. The Morgan fingerprint density at radius 1 is 0.922 bits per heavy atom. The summed E-state index contributed by atoms with van der Waals surface area (Å²) in [5.74, 6) is -1.92. The average molecular weight is 889 g/mol. The maximum atomic E-state index is 15.7. The Bertz CT molecular complexity index is 2450. The van der Waals surface area contributed by atoms with E-state index < -0.39 is 47.6 Å². The van der Waals surface area contributed by atoms with Crippen molar-refractivity contribution in [1.82, 2.24) is 24.8 Å². The van der Waals surface area contributed by atoms with E-state index in [9.17, 15) is 32.3 Å². The molecule has 2 saturated heterocycles. The third-order valence-corrected chi connectivity index (χ3v) is 12.3. The predicted molar refractivity (Wildman–Crippen MR) is 231 cm³/mol. The highest BCUT2D eigenvalue weighted by Crippen LogP contribution is 2.53. The van der Waals surface area contributed by atoms with Crippen molar-refractivity contribution in [3.63, 3.8) is 0 Å². The Morgan fingerprint density at radius 3 is 2.22 bits per heavy atom. The summed E-state index contributed by atoms with van der Waals surface area (Å²) in [7, 11) is 1.18. The molecule has 14 nitrogen and oxygen atoms in total. The van der Waals surface area contributed by atoms with E-state index in [1.807, 2.05) is 25.7 Å². The van der Waals surface area contributed by atoms with Gasteiger partial charge in [-0.05, 0) is 67.3 Å². The summed E-state index contributed by atoms with van der Waals surface area (Å²) in [5.41, 5.74) is 0.718. The molecule has 4 heterocycles. The summed E-state index contributed by atoms with van der Waals surface area (Å²) in [5, 5.41) is 2.36. The lowest BCUT2D eigenvalue weighted by molar-refractivity contribution is -0.274. The predicted octanol–water partition coefficient (Wildman–Crippen LogP) is 8.67. The largest absolute Gasteiger partial charge is 0.573 e. The van der Waals surface area contributed by atoms with Gasteiger partial charge in [0.2, 0.25) is 5.91 Å². The Labute approximate surface area is 368 Å². The summed E-state index contributed by atoms with van der Waals surface area (Å²) >= 11 is 0. The van der Waals surface area contributed by atoms with Crippen LogP contribution in [0.25, 0.3) is 22.4 Å². The Hall–Kier alpha value is -6.33. The number of ether oxygens (including phenoxy) is 2. The van der Waals surface area contributed by atoms with Crippen molar-refractivity contribution < 1.29 is 46.2 Å².